The van der Waals surface area contributed by atoms with Crippen molar-refractivity contribution in [1.29, 1.82) is 0 Å². The van der Waals surface area contributed by atoms with Crippen molar-refractivity contribution in [2.24, 2.45) is 0 Å². The molecule has 0 rings (SSSR count). The van der Waals surface area contributed by atoms with Crippen molar-refractivity contribution in [2.45, 2.75) is 78.6 Å². The van der Waals surface area contributed by atoms with Crippen LogP contribution in [0.15, 0.2) is 0 Å². The Bertz CT molecular complexity index is 133. The van der Waals surface area contributed by atoms with Gasteiger partial charge in [-0.2, -0.15) is 0 Å². The van der Waals surface area contributed by atoms with E-state index in [1.807, 2.05) is 0 Å². The average molecular weight is 339 g/mol. The Hall–Kier alpha value is 0.910. The van der Waals surface area contributed by atoms with E-state index in [9.17, 15) is 0 Å². The Labute approximate surface area is 128 Å². The fourth-order valence-corrected chi connectivity index (χ4v) is 6.20. The van der Waals surface area contributed by atoms with Crippen LogP contribution in [0.4, 0.5) is 0 Å². The summed E-state index contributed by atoms with van der Waals surface area (Å²) in [7, 11) is -0.558. The molecule has 0 nitrogen and oxygen atoms in total. The highest BCUT2D eigenvalue weighted by molar-refractivity contribution is 7.75. The first-order valence-corrected chi connectivity index (χ1v) is 10.8. The zero-order valence-corrected chi connectivity index (χ0v) is 15.8. The van der Waals surface area contributed by atoms with Crippen LogP contribution in [0, 0.1) is 0 Å². The van der Waals surface area contributed by atoms with Gasteiger partial charge in [0.25, 0.3) is 0 Å². The lowest BCUT2D eigenvalue weighted by atomic mass is 10.3. The van der Waals surface area contributed by atoms with Crippen LogP contribution in [-0.4, -0.2) is 25.2 Å². The number of unbranched alkanes of at least 4 members (excludes halogenated alkanes) is 6. The molecule has 0 bridgehead atoms. The highest BCUT2D eigenvalue weighted by Gasteiger charge is 2.29. The summed E-state index contributed by atoms with van der Waals surface area (Å²) in [4.78, 5) is 0. The van der Waals surface area contributed by atoms with Crippen LogP contribution in [-0.2, 0) is 0 Å². The molecule has 0 radical (unpaired) electrons. The normalized spacial score (nSPS) is 11.3. The monoisotopic (exact) mass is 338 g/mol. The van der Waals surface area contributed by atoms with Gasteiger partial charge in [0, 0.05) is 13.9 Å². The minimum Gasteiger partial charge on any atom is -1.00 e. The molecule has 0 atom stereocenters. The zero-order chi connectivity index (χ0) is 13.0. The molecular formula is C16H36BrP. The van der Waals surface area contributed by atoms with E-state index in [4.69, 9.17) is 0 Å². The molecule has 0 aliphatic carbocycles. The SMILES string of the molecule is CCCCC[P+](C)(CCCCC)CCCCC.[Br-]. The molecular weight excluding hydrogens is 303 g/mol. The van der Waals surface area contributed by atoms with E-state index in [0.717, 1.165) is 0 Å². The fraction of sp³-hybridized carbons (Fsp3) is 1.00. The molecule has 0 aliphatic heterocycles. The van der Waals surface area contributed by atoms with Gasteiger partial charge in [-0.1, -0.05) is 59.3 Å². The molecule has 0 saturated heterocycles. The van der Waals surface area contributed by atoms with E-state index in [0.29, 0.717) is 0 Å². The molecule has 0 aliphatic rings. The molecule has 0 amide bonds. The Kier molecular flexibility index (Phi) is 16.9. The van der Waals surface area contributed by atoms with Crippen LogP contribution in [0.1, 0.15) is 78.6 Å². The van der Waals surface area contributed by atoms with Gasteiger partial charge in [-0.15, -0.1) is 0 Å². The van der Waals surface area contributed by atoms with Gasteiger partial charge >= 0.3 is 0 Å². The van der Waals surface area contributed by atoms with Gasteiger partial charge in [0.05, 0.1) is 18.5 Å². The lowest BCUT2D eigenvalue weighted by molar-refractivity contribution is -0.00000407. The van der Waals surface area contributed by atoms with Gasteiger partial charge in [-0.3, -0.25) is 0 Å². The predicted octanol–water partition coefficient (Wildman–Crippen LogP) is 3.21. The minimum atomic E-state index is -0.558. The maximum absolute atomic E-state index is 2.66. The first-order valence-electron chi connectivity index (χ1n) is 8.02. The van der Waals surface area contributed by atoms with Crippen molar-refractivity contribution in [2.75, 3.05) is 25.2 Å². The van der Waals surface area contributed by atoms with Crippen molar-refractivity contribution in [3.63, 3.8) is 0 Å². The second kappa shape index (κ2) is 14.3. The van der Waals surface area contributed by atoms with Crippen molar-refractivity contribution in [3.05, 3.63) is 0 Å². The second-order valence-electron chi connectivity index (χ2n) is 5.91. The molecule has 0 aromatic rings. The van der Waals surface area contributed by atoms with Crippen LogP contribution in [0.25, 0.3) is 0 Å². The molecule has 0 saturated carbocycles. The van der Waals surface area contributed by atoms with E-state index in [-0.39, 0.29) is 17.0 Å². The van der Waals surface area contributed by atoms with E-state index < -0.39 is 7.26 Å². The maximum Gasteiger partial charge on any atom is 0.0591 e. The Morgan fingerprint density at radius 2 is 0.833 bits per heavy atom. The van der Waals surface area contributed by atoms with Gasteiger partial charge in [-0.05, 0) is 19.3 Å². The van der Waals surface area contributed by atoms with Gasteiger partial charge in [0.15, 0.2) is 0 Å². The maximum atomic E-state index is 2.66. The summed E-state index contributed by atoms with van der Waals surface area (Å²) in [6.07, 6.45) is 17.7. The molecule has 0 heterocycles. The summed E-state index contributed by atoms with van der Waals surface area (Å²) in [5.74, 6) is 0. The quantitative estimate of drug-likeness (QED) is 0.378. The van der Waals surface area contributed by atoms with Crippen LogP contribution in [0.5, 0.6) is 0 Å². The summed E-state index contributed by atoms with van der Waals surface area (Å²) in [5.41, 5.74) is 0. The van der Waals surface area contributed by atoms with Gasteiger partial charge in [0.1, 0.15) is 0 Å². The largest absolute Gasteiger partial charge is 1.00 e. The lowest BCUT2D eigenvalue weighted by Crippen LogP contribution is -3.00. The number of rotatable bonds is 12. The molecule has 0 N–H and O–H groups in total. The molecule has 18 heavy (non-hydrogen) atoms. The summed E-state index contributed by atoms with van der Waals surface area (Å²) in [5, 5.41) is 0. The van der Waals surface area contributed by atoms with Crippen molar-refractivity contribution in [3.8, 4) is 0 Å². The highest BCUT2D eigenvalue weighted by atomic mass is 79.9. The van der Waals surface area contributed by atoms with Crippen molar-refractivity contribution >= 4 is 7.26 Å². The molecule has 2 heteroatoms. The summed E-state index contributed by atoms with van der Waals surface area (Å²) >= 11 is 0. The Morgan fingerprint density at radius 1 is 0.556 bits per heavy atom. The topological polar surface area (TPSA) is 0 Å². The molecule has 112 valence electrons. The molecule has 0 fully saturated rings. The third kappa shape index (κ3) is 12.0. The van der Waals surface area contributed by atoms with E-state index in [1.165, 1.54) is 57.8 Å². The first-order chi connectivity index (χ1) is 8.18. The predicted molar refractivity (Wildman–Crippen MR) is 86.0 cm³/mol. The number of hydrogen-bond donors (Lipinski definition) is 0. The Balaban J connectivity index is 0. The van der Waals surface area contributed by atoms with Crippen LogP contribution in [0.2, 0.25) is 0 Å². The van der Waals surface area contributed by atoms with Crippen LogP contribution < -0.4 is 17.0 Å². The Morgan fingerprint density at radius 3 is 1.06 bits per heavy atom. The smallest absolute Gasteiger partial charge is 0.0591 e. The second-order valence-corrected chi connectivity index (χ2v) is 10.5. The standard InChI is InChI=1S/C16H36P.BrH/c1-5-8-11-14-17(4,15-12-9-6-2)16-13-10-7-3;/h5-16H2,1-4H3;1H/q+1;/p-1. The van der Waals surface area contributed by atoms with Gasteiger partial charge in [-0.25, -0.2) is 0 Å². The van der Waals surface area contributed by atoms with Crippen LogP contribution >= 0.6 is 7.26 Å². The van der Waals surface area contributed by atoms with Gasteiger partial charge < -0.3 is 17.0 Å². The third-order valence-corrected chi connectivity index (χ3v) is 8.09. The fourth-order valence-electron chi connectivity index (χ4n) is 2.57. The van der Waals surface area contributed by atoms with E-state index in [1.54, 1.807) is 18.5 Å². The van der Waals surface area contributed by atoms with Crippen LogP contribution in [0.3, 0.4) is 0 Å². The molecule has 0 spiro atoms. The number of hydrogen-bond acceptors (Lipinski definition) is 0. The van der Waals surface area contributed by atoms with E-state index in [2.05, 4.69) is 27.4 Å². The van der Waals surface area contributed by atoms with Crippen molar-refractivity contribution in [1.82, 2.24) is 0 Å². The minimum absolute atomic E-state index is 0. The summed E-state index contributed by atoms with van der Waals surface area (Å²) in [6, 6.07) is 0. The third-order valence-electron chi connectivity index (χ3n) is 3.90. The highest BCUT2D eigenvalue weighted by Crippen LogP contribution is 2.57. The van der Waals surface area contributed by atoms with Crippen molar-refractivity contribution < 1.29 is 17.0 Å². The molecule has 0 aromatic carbocycles. The first kappa shape index (κ1) is 21.2. The number of halogens is 1. The van der Waals surface area contributed by atoms with Gasteiger partial charge in [0.2, 0.25) is 0 Å². The molecule has 0 unspecified atom stereocenters. The summed E-state index contributed by atoms with van der Waals surface area (Å²) in [6.45, 7) is 9.63. The lowest BCUT2D eigenvalue weighted by Gasteiger charge is -2.23. The average Bonchev–Trinajstić information content (AvgIpc) is 2.30. The molecule has 0 aromatic heterocycles. The van der Waals surface area contributed by atoms with E-state index >= 15 is 0 Å². The summed E-state index contributed by atoms with van der Waals surface area (Å²) < 4.78 is 0. The zero-order valence-electron chi connectivity index (χ0n) is 13.3.